The fourth-order valence-corrected chi connectivity index (χ4v) is 3.30. The molecule has 0 saturated carbocycles. The van der Waals surface area contributed by atoms with Gasteiger partial charge in [-0.25, -0.2) is 8.78 Å². The van der Waals surface area contributed by atoms with E-state index in [9.17, 15) is 39.9 Å². The number of hydrogen-bond donors (Lipinski definition) is 3. The average Bonchev–Trinajstić information content (AvgIpc) is 2.79. The second-order valence-corrected chi connectivity index (χ2v) is 7.76. The van der Waals surface area contributed by atoms with E-state index in [-0.39, 0.29) is 11.6 Å². The number of carbonyl (C=O) groups is 1. The van der Waals surface area contributed by atoms with Gasteiger partial charge in [-0.05, 0) is 48.1 Å². The zero-order chi connectivity index (χ0) is 26.7. The summed E-state index contributed by atoms with van der Waals surface area (Å²) in [5.41, 5.74) is -4.01. The molecule has 36 heavy (non-hydrogen) atoms. The monoisotopic (exact) mass is 533 g/mol. The van der Waals surface area contributed by atoms with Gasteiger partial charge in [-0.15, -0.1) is 0 Å². The topological polar surface area (TPSA) is 53.2 Å². The van der Waals surface area contributed by atoms with E-state index < -0.39 is 63.6 Å². The van der Waals surface area contributed by atoms with Crippen LogP contribution in [-0.2, 0) is 17.1 Å². The SMILES string of the molecule is O=C(Nc1cc(F)ccc1F)[C@H](NC(=S)Nc1cc(C(F)(F)F)cc(C(F)(F)F)c1)c1ccccc1. The van der Waals surface area contributed by atoms with Crippen LogP contribution in [0.2, 0.25) is 0 Å². The first-order valence-corrected chi connectivity index (χ1v) is 10.3. The molecule has 3 N–H and O–H groups in total. The number of thiocarbonyl (C=S) groups is 1. The van der Waals surface area contributed by atoms with Crippen LogP contribution in [0.25, 0.3) is 0 Å². The number of alkyl halides is 6. The molecule has 3 rings (SSSR count). The zero-order valence-electron chi connectivity index (χ0n) is 17.8. The lowest BCUT2D eigenvalue weighted by Gasteiger charge is -2.22. The molecule has 0 fully saturated rings. The first-order valence-electron chi connectivity index (χ1n) is 9.92. The van der Waals surface area contributed by atoms with Crippen LogP contribution in [0.1, 0.15) is 22.7 Å². The summed E-state index contributed by atoms with van der Waals surface area (Å²) in [5, 5.41) is 6.36. The van der Waals surface area contributed by atoms with Crippen molar-refractivity contribution in [1.82, 2.24) is 5.32 Å². The Morgan fingerprint density at radius 3 is 1.92 bits per heavy atom. The largest absolute Gasteiger partial charge is 0.416 e. The van der Waals surface area contributed by atoms with Crippen molar-refractivity contribution in [3.8, 4) is 0 Å². The number of hydrogen-bond acceptors (Lipinski definition) is 2. The van der Waals surface area contributed by atoms with Crippen molar-refractivity contribution in [2.45, 2.75) is 18.4 Å². The third-order valence-corrected chi connectivity index (χ3v) is 4.92. The Labute approximate surface area is 204 Å². The Hall–Kier alpha value is -3.74. The third kappa shape index (κ3) is 6.90. The minimum absolute atomic E-state index is 0.0462. The van der Waals surface area contributed by atoms with Crippen LogP contribution < -0.4 is 16.0 Å². The number of rotatable bonds is 5. The standard InChI is InChI=1S/C23H15F8N3OS/c24-15-6-7-17(25)18(11-15)33-20(35)19(12-4-2-1-3-5-12)34-21(36)32-16-9-13(22(26,27)28)8-14(10-16)23(29,30)31/h1-11,19H,(H,33,35)(H2,32,34,36)/t19-/m1/s1. The Kier molecular flexibility index (Phi) is 7.82. The van der Waals surface area contributed by atoms with E-state index in [0.717, 1.165) is 18.2 Å². The Bertz CT molecular complexity index is 1230. The number of halogens is 8. The molecule has 0 aromatic heterocycles. The first-order chi connectivity index (χ1) is 16.7. The number of benzene rings is 3. The van der Waals surface area contributed by atoms with Gasteiger partial charge < -0.3 is 16.0 Å². The van der Waals surface area contributed by atoms with Crippen molar-refractivity contribution in [3.05, 3.63) is 95.1 Å². The van der Waals surface area contributed by atoms with E-state index in [4.69, 9.17) is 12.2 Å². The molecule has 4 nitrogen and oxygen atoms in total. The maximum absolute atomic E-state index is 14.0. The minimum atomic E-state index is -5.08. The van der Waals surface area contributed by atoms with Crippen LogP contribution in [0.3, 0.4) is 0 Å². The van der Waals surface area contributed by atoms with Crippen molar-refractivity contribution in [3.63, 3.8) is 0 Å². The molecule has 0 aliphatic heterocycles. The number of nitrogens with one attached hydrogen (secondary N) is 3. The fourth-order valence-electron chi connectivity index (χ4n) is 3.07. The molecule has 3 aromatic rings. The van der Waals surface area contributed by atoms with Gasteiger partial charge in [0.15, 0.2) is 5.11 Å². The molecular formula is C23H15F8N3OS. The molecule has 0 heterocycles. The predicted molar refractivity (Wildman–Crippen MR) is 120 cm³/mol. The van der Waals surface area contributed by atoms with Crippen LogP contribution in [-0.4, -0.2) is 11.0 Å². The van der Waals surface area contributed by atoms with Gasteiger partial charge in [0.25, 0.3) is 5.91 Å². The molecule has 1 atom stereocenters. The van der Waals surface area contributed by atoms with E-state index in [0.29, 0.717) is 12.1 Å². The third-order valence-electron chi connectivity index (χ3n) is 4.70. The van der Waals surface area contributed by atoms with Crippen LogP contribution in [0, 0.1) is 11.6 Å². The quantitative estimate of drug-likeness (QED) is 0.253. The molecule has 0 radical (unpaired) electrons. The molecule has 0 aliphatic carbocycles. The van der Waals surface area contributed by atoms with Gasteiger partial charge in [-0.1, -0.05) is 30.3 Å². The summed E-state index contributed by atoms with van der Waals surface area (Å²) >= 11 is 5.02. The number of anilines is 2. The molecule has 3 aromatic carbocycles. The van der Waals surface area contributed by atoms with Crippen LogP contribution in [0.4, 0.5) is 46.5 Å². The average molecular weight is 533 g/mol. The molecule has 0 spiro atoms. The highest BCUT2D eigenvalue weighted by molar-refractivity contribution is 7.80. The highest BCUT2D eigenvalue weighted by Crippen LogP contribution is 2.37. The van der Waals surface area contributed by atoms with Gasteiger partial charge in [0.2, 0.25) is 0 Å². The summed E-state index contributed by atoms with van der Waals surface area (Å²) in [6, 6.07) is 9.38. The molecule has 0 unspecified atom stereocenters. The number of carbonyl (C=O) groups excluding carboxylic acids is 1. The van der Waals surface area contributed by atoms with Crippen molar-refractivity contribution >= 4 is 34.6 Å². The van der Waals surface area contributed by atoms with Crippen LogP contribution in [0.15, 0.2) is 66.7 Å². The van der Waals surface area contributed by atoms with Gasteiger partial charge >= 0.3 is 12.4 Å². The maximum Gasteiger partial charge on any atom is 0.416 e. The summed E-state index contributed by atoms with van der Waals surface area (Å²) in [4.78, 5) is 12.9. The Balaban J connectivity index is 1.88. The van der Waals surface area contributed by atoms with Crippen molar-refractivity contribution < 1.29 is 39.9 Å². The predicted octanol–water partition coefficient (Wildman–Crippen LogP) is 6.67. The first kappa shape index (κ1) is 26.9. The fraction of sp³-hybridized carbons (Fsp3) is 0.130. The number of amides is 1. The van der Waals surface area contributed by atoms with E-state index in [2.05, 4.69) is 16.0 Å². The lowest BCUT2D eigenvalue weighted by atomic mass is 10.1. The Morgan fingerprint density at radius 1 is 0.778 bits per heavy atom. The molecule has 0 saturated heterocycles. The highest BCUT2D eigenvalue weighted by Gasteiger charge is 2.37. The van der Waals surface area contributed by atoms with Gasteiger partial charge in [0.05, 0.1) is 16.8 Å². The van der Waals surface area contributed by atoms with Gasteiger partial charge in [0.1, 0.15) is 17.7 Å². The van der Waals surface area contributed by atoms with Crippen molar-refractivity contribution in [2.24, 2.45) is 0 Å². The van der Waals surface area contributed by atoms with Gasteiger partial charge in [-0.2, -0.15) is 26.3 Å². The molecular weight excluding hydrogens is 518 g/mol. The highest BCUT2D eigenvalue weighted by atomic mass is 32.1. The summed E-state index contributed by atoms with van der Waals surface area (Å²) in [6.07, 6.45) is -10.2. The van der Waals surface area contributed by atoms with E-state index in [1.54, 1.807) is 18.2 Å². The van der Waals surface area contributed by atoms with Crippen LogP contribution in [0.5, 0.6) is 0 Å². The van der Waals surface area contributed by atoms with Gasteiger partial charge in [0, 0.05) is 11.8 Å². The normalized spacial score (nSPS) is 12.6. The summed E-state index contributed by atoms with van der Waals surface area (Å²) in [6.45, 7) is 0. The van der Waals surface area contributed by atoms with Crippen molar-refractivity contribution in [1.29, 1.82) is 0 Å². The summed E-state index contributed by atoms with van der Waals surface area (Å²) in [5.74, 6) is -2.71. The lowest BCUT2D eigenvalue weighted by molar-refractivity contribution is -0.143. The van der Waals surface area contributed by atoms with E-state index >= 15 is 0 Å². The maximum atomic E-state index is 14.0. The van der Waals surface area contributed by atoms with E-state index in [1.807, 2.05) is 0 Å². The smallest absolute Gasteiger partial charge is 0.347 e. The molecule has 0 bridgehead atoms. The second kappa shape index (κ2) is 10.5. The minimum Gasteiger partial charge on any atom is -0.347 e. The summed E-state index contributed by atoms with van der Waals surface area (Å²) in [7, 11) is 0. The molecule has 13 heteroatoms. The zero-order valence-corrected chi connectivity index (χ0v) is 18.6. The summed E-state index contributed by atoms with van der Waals surface area (Å²) < 4.78 is 106. The molecule has 190 valence electrons. The van der Waals surface area contributed by atoms with E-state index in [1.165, 1.54) is 12.1 Å². The Morgan fingerprint density at radius 2 is 1.36 bits per heavy atom. The van der Waals surface area contributed by atoms with Gasteiger partial charge in [-0.3, -0.25) is 4.79 Å². The molecule has 1 amide bonds. The van der Waals surface area contributed by atoms with Crippen LogP contribution >= 0.6 is 12.2 Å². The lowest BCUT2D eigenvalue weighted by Crippen LogP contribution is -2.39. The van der Waals surface area contributed by atoms with Crippen molar-refractivity contribution in [2.75, 3.05) is 10.6 Å². The second-order valence-electron chi connectivity index (χ2n) is 7.35. The molecule has 0 aliphatic rings.